The van der Waals surface area contributed by atoms with E-state index in [1.54, 1.807) is 24.1 Å². The molecule has 1 saturated heterocycles. The van der Waals surface area contributed by atoms with Crippen LogP contribution in [0.25, 0.3) is 0 Å². The molecule has 1 N–H and O–H groups in total. The second kappa shape index (κ2) is 6.33. The van der Waals surface area contributed by atoms with E-state index >= 15 is 0 Å². The van der Waals surface area contributed by atoms with Gasteiger partial charge in [-0.05, 0) is 17.7 Å². The standard InChI is InChI=1S/C15H18FN5O2/c1-19-15(23)17-13(18-19)9-20-5-6-21(14(22)10-20)8-11-3-2-4-12(16)7-11/h2-4,7H,5-6,8-10H2,1H3,(H,17,18,23). The van der Waals surface area contributed by atoms with Gasteiger partial charge in [-0.2, -0.15) is 5.10 Å². The van der Waals surface area contributed by atoms with E-state index in [0.717, 1.165) is 5.56 Å². The highest BCUT2D eigenvalue weighted by molar-refractivity contribution is 5.79. The van der Waals surface area contributed by atoms with Crippen molar-refractivity contribution in [1.29, 1.82) is 0 Å². The number of H-pyrrole nitrogens is 1. The molecule has 7 nitrogen and oxygen atoms in total. The summed E-state index contributed by atoms with van der Waals surface area (Å²) in [7, 11) is 1.57. The van der Waals surface area contributed by atoms with Crippen molar-refractivity contribution in [3.63, 3.8) is 0 Å². The fourth-order valence-corrected chi connectivity index (χ4v) is 2.65. The van der Waals surface area contributed by atoms with Gasteiger partial charge in [-0.3, -0.25) is 14.7 Å². The maximum atomic E-state index is 13.2. The molecule has 0 saturated carbocycles. The number of amides is 1. The Morgan fingerprint density at radius 3 is 2.74 bits per heavy atom. The summed E-state index contributed by atoms with van der Waals surface area (Å²) in [5.74, 6) is 0.232. The number of aryl methyl sites for hydroxylation is 1. The number of hydrogen-bond acceptors (Lipinski definition) is 4. The van der Waals surface area contributed by atoms with Gasteiger partial charge >= 0.3 is 5.69 Å². The first-order chi connectivity index (χ1) is 11.0. The van der Waals surface area contributed by atoms with Gasteiger partial charge in [0.05, 0.1) is 13.1 Å². The number of hydrogen-bond donors (Lipinski definition) is 1. The third kappa shape index (κ3) is 3.65. The molecule has 1 aliphatic rings. The minimum Gasteiger partial charge on any atom is -0.336 e. The second-order valence-electron chi connectivity index (χ2n) is 5.66. The van der Waals surface area contributed by atoms with Gasteiger partial charge in [0.1, 0.15) is 11.6 Å². The van der Waals surface area contributed by atoms with Crippen molar-refractivity contribution < 1.29 is 9.18 Å². The molecule has 1 amide bonds. The van der Waals surface area contributed by atoms with Crippen LogP contribution in [0.3, 0.4) is 0 Å². The molecular formula is C15H18FN5O2. The zero-order valence-corrected chi connectivity index (χ0v) is 12.8. The molecule has 1 aliphatic heterocycles. The Bertz CT molecular complexity index is 769. The molecule has 2 aromatic rings. The summed E-state index contributed by atoms with van der Waals surface area (Å²) >= 11 is 0. The molecule has 23 heavy (non-hydrogen) atoms. The Morgan fingerprint density at radius 1 is 1.26 bits per heavy atom. The third-order valence-electron chi connectivity index (χ3n) is 3.85. The zero-order chi connectivity index (χ0) is 16.4. The smallest absolute Gasteiger partial charge is 0.336 e. The van der Waals surface area contributed by atoms with Crippen molar-refractivity contribution >= 4 is 5.91 Å². The van der Waals surface area contributed by atoms with Gasteiger partial charge in [0.15, 0.2) is 0 Å². The van der Waals surface area contributed by atoms with Gasteiger partial charge in [0.2, 0.25) is 5.91 Å². The molecule has 0 spiro atoms. The van der Waals surface area contributed by atoms with Gasteiger partial charge < -0.3 is 4.90 Å². The van der Waals surface area contributed by atoms with Crippen LogP contribution in [0.4, 0.5) is 4.39 Å². The minimum atomic E-state index is -0.298. The lowest BCUT2D eigenvalue weighted by molar-refractivity contribution is -0.136. The van der Waals surface area contributed by atoms with E-state index in [9.17, 15) is 14.0 Å². The average Bonchev–Trinajstić information content (AvgIpc) is 2.80. The van der Waals surface area contributed by atoms with Crippen molar-refractivity contribution in [2.45, 2.75) is 13.1 Å². The first kappa shape index (κ1) is 15.4. The van der Waals surface area contributed by atoms with E-state index in [0.29, 0.717) is 32.0 Å². The van der Waals surface area contributed by atoms with Crippen LogP contribution >= 0.6 is 0 Å². The summed E-state index contributed by atoms with van der Waals surface area (Å²) in [6, 6.07) is 6.28. The molecule has 1 fully saturated rings. The molecule has 0 unspecified atom stereocenters. The number of aromatic nitrogens is 3. The number of piperazine rings is 1. The molecule has 3 rings (SSSR count). The van der Waals surface area contributed by atoms with Crippen LogP contribution in [0.5, 0.6) is 0 Å². The normalized spacial score (nSPS) is 16.1. The SMILES string of the molecule is Cn1nc(CN2CCN(Cc3cccc(F)c3)C(=O)C2)[nH]c1=O. The summed E-state index contributed by atoms with van der Waals surface area (Å²) < 4.78 is 14.4. The van der Waals surface area contributed by atoms with Crippen LogP contribution < -0.4 is 5.69 Å². The van der Waals surface area contributed by atoms with Crippen molar-refractivity contribution in [1.82, 2.24) is 24.6 Å². The monoisotopic (exact) mass is 319 g/mol. The Labute approximate surface area is 132 Å². The van der Waals surface area contributed by atoms with Gasteiger partial charge in [-0.15, -0.1) is 0 Å². The maximum absolute atomic E-state index is 13.2. The third-order valence-corrected chi connectivity index (χ3v) is 3.85. The Kier molecular flexibility index (Phi) is 4.24. The number of nitrogens with one attached hydrogen (secondary N) is 1. The largest absolute Gasteiger partial charge is 0.343 e. The number of carbonyl (C=O) groups is 1. The quantitative estimate of drug-likeness (QED) is 0.867. The zero-order valence-electron chi connectivity index (χ0n) is 12.8. The van der Waals surface area contributed by atoms with E-state index in [1.807, 2.05) is 4.90 Å². The predicted octanol–water partition coefficient (Wildman–Crippen LogP) is 0.0919. The summed E-state index contributed by atoms with van der Waals surface area (Å²) in [5.41, 5.74) is 0.511. The molecule has 2 heterocycles. The van der Waals surface area contributed by atoms with E-state index < -0.39 is 0 Å². The van der Waals surface area contributed by atoms with Crippen LogP contribution in [0.1, 0.15) is 11.4 Å². The Balaban J connectivity index is 1.59. The van der Waals surface area contributed by atoms with Crippen LogP contribution in [-0.2, 0) is 24.9 Å². The lowest BCUT2D eigenvalue weighted by atomic mass is 10.2. The topological polar surface area (TPSA) is 74.2 Å². The number of nitrogens with zero attached hydrogens (tertiary/aromatic N) is 4. The highest BCUT2D eigenvalue weighted by atomic mass is 19.1. The summed E-state index contributed by atoms with van der Waals surface area (Å²) in [4.78, 5) is 29.9. The second-order valence-corrected chi connectivity index (χ2v) is 5.66. The summed E-state index contributed by atoms with van der Waals surface area (Å²) in [6.07, 6.45) is 0. The first-order valence-electron chi connectivity index (χ1n) is 7.38. The van der Waals surface area contributed by atoms with Gasteiger partial charge in [-0.25, -0.2) is 13.9 Å². The molecule has 0 bridgehead atoms. The molecule has 122 valence electrons. The lowest BCUT2D eigenvalue weighted by Gasteiger charge is -2.33. The van der Waals surface area contributed by atoms with E-state index in [1.165, 1.54) is 16.8 Å². The fourth-order valence-electron chi connectivity index (χ4n) is 2.65. The summed E-state index contributed by atoms with van der Waals surface area (Å²) in [6.45, 7) is 2.33. The Morgan fingerprint density at radius 2 is 2.09 bits per heavy atom. The van der Waals surface area contributed by atoms with Gasteiger partial charge in [-0.1, -0.05) is 12.1 Å². The van der Waals surface area contributed by atoms with Crippen molar-refractivity contribution in [2.24, 2.45) is 7.05 Å². The van der Waals surface area contributed by atoms with E-state index in [-0.39, 0.29) is 24.0 Å². The fraction of sp³-hybridized carbons (Fsp3) is 0.400. The predicted molar refractivity (Wildman–Crippen MR) is 80.9 cm³/mol. The van der Waals surface area contributed by atoms with Crippen molar-refractivity contribution in [2.75, 3.05) is 19.6 Å². The Hall–Kier alpha value is -2.48. The molecule has 0 atom stereocenters. The first-order valence-corrected chi connectivity index (χ1v) is 7.38. The molecule has 0 radical (unpaired) electrons. The summed E-state index contributed by atoms with van der Waals surface area (Å²) in [5, 5.41) is 4.07. The van der Waals surface area contributed by atoms with Gasteiger partial charge in [0, 0.05) is 26.7 Å². The molecule has 1 aromatic heterocycles. The number of halogens is 1. The number of carbonyl (C=O) groups excluding carboxylic acids is 1. The van der Waals surface area contributed by atoms with E-state index in [4.69, 9.17) is 0 Å². The number of rotatable bonds is 4. The molecule has 0 aliphatic carbocycles. The molecule has 8 heteroatoms. The van der Waals surface area contributed by atoms with Crippen LogP contribution in [0.15, 0.2) is 29.1 Å². The minimum absolute atomic E-state index is 0.0150. The van der Waals surface area contributed by atoms with E-state index in [2.05, 4.69) is 10.1 Å². The highest BCUT2D eigenvalue weighted by Gasteiger charge is 2.24. The van der Waals surface area contributed by atoms with Crippen LogP contribution in [-0.4, -0.2) is 50.1 Å². The van der Waals surface area contributed by atoms with Crippen LogP contribution in [0, 0.1) is 5.82 Å². The van der Waals surface area contributed by atoms with Crippen LogP contribution in [0.2, 0.25) is 0 Å². The lowest BCUT2D eigenvalue weighted by Crippen LogP contribution is -2.49. The number of aromatic amines is 1. The van der Waals surface area contributed by atoms with Crippen molar-refractivity contribution in [3.05, 3.63) is 52.0 Å². The van der Waals surface area contributed by atoms with Gasteiger partial charge in [0.25, 0.3) is 0 Å². The highest BCUT2D eigenvalue weighted by Crippen LogP contribution is 2.12. The van der Waals surface area contributed by atoms with Crippen molar-refractivity contribution in [3.8, 4) is 0 Å². The molecule has 1 aromatic carbocycles. The maximum Gasteiger partial charge on any atom is 0.343 e. The average molecular weight is 319 g/mol. The number of benzene rings is 1. The molecular weight excluding hydrogens is 301 g/mol.